The second kappa shape index (κ2) is 7.63. The van der Waals surface area contributed by atoms with Gasteiger partial charge in [-0.2, -0.15) is 0 Å². The SMILES string of the molecule is C=C(O)c1ccc2c(c1)CCCC(c1ccc(C)cc1O)=C2c1ccc(C)cc1. The summed E-state index contributed by atoms with van der Waals surface area (Å²) in [7, 11) is 0. The first kappa shape index (κ1) is 19.1. The van der Waals surface area contributed by atoms with E-state index in [4.69, 9.17) is 0 Å². The molecular weight excluding hydrogens is 356 g/mol. The van der Waals surface area contributed by atoms with Gasteiger partial charge in [-0.05, 0) is 78.6 Å². The van der Waals surface area contributed by atoms with Crippen LogP contribution in [0.4, 0.5) is 0 Å². The topological polar surface area (TPSA) is 40.5 Å². The Morgan fingerprint density at radius 1 is 0.828 bits per heavy atom. The minimum Gasteiger partial charge on any atom is -0.508 e. The Labute approximate surface area is 172 Å². The van der Waals surface area contributed by atoms with E-state index >= 15 is 0 Å². The molecule has 0 fully saturated rings. The minimum atomic E-state index is 0.0920. The molecule has 0 atom stereocenters. The molecule has 0 bridgehead atoms. The highest BCUT2D eigenvalue weighted by Crippen LogP contribution is 2.42. The summed E-state index contributed by atoms with van der Waals surface area (Å²) in [6.45, 7) is 7.76. The molecule has 0 aliphatic heterocycles. The van der Waals surface area contributed by atoms with Gasteiger partial charge < -0.3 is 10.2 Å². The summed E-state index contributed by atoms with van der Waals surface area (Å²) < 4.78 is 0. The largest absolute Gasteiger partial charge is 0.508 e. The second-order valence-electron chi connectivity index (χ2n) is 7.91. The van der Waals surface area contributed by atoms with Crippen molar-refractivity contribution < 1.29 is 10.2 Å². The summed E-state index contributed by atoms with van der Waals surface area (Å²) >= 11 is 0. The third-order valence-corrected chi connectivity index (χ3v) is 5.70. The van der Waals surface area contributed by atoms with Crippen molar-refractivity contribution in [3.05, 3.63) is 106 Å². The van der Waals surface area contributed by atoms with E-state index in [1.165, 1.54) is 16.7 Å². The van der Waals surface area contributed by atoms with Crippen molar-refractivity contribution >= 4 is 16.9 Å². The first-order valence-electron chi connectivity index (χ1n) is 10.1. The number of aromatic hydroxyl groups is 1. The number of fused-ring (bicyclic) bond motifs is 1. The number of rotatable bonds is 3. The van der Waals surface area contributed by atoms with Crippen molar-refractivity contribution in [3.8, 4) is 5.75 Å². The minimum absolute atomic E-state index is 0.0920. The zero-order valence-corrected chi connectivity index (χ0v) is 17.0. The summed E-state index contributed by atoms with van der Waals surface area (Å²) in [5.74, 6) is 0.419. The van der Waals surface area contributed by atoms with Crippen LogP contribution in [0.2, 0.25) is 0 Å². The molecule has 4 rings (SSSR count). The number of aliphatic hydroxyl groups excluding tert-OH is 1. The predicted molar refractivity (Wildman–Crippen MR) is 121 cm³/mol. The van der Waals surface area contributed by atoms with Crippen LogP contribution in [-0.2, 0) is 6.42 Å². The van der Waals surface area contributed by atoms with Crippen LogP contribution < -0.4 is 0 Å². The fraction of sp³-hybridized carbons (Fsp3) is 0.185. The van der Waals surface area contributed by atoms with E-state index in [9.17, 15) is 10.2 Å². The third kappa shape index (κ3) is 3.71. The molecule has 0 saturated carbocycles. The summed E-state index contributed by atoms with van der Waals surface area (Å²) in [5, 5.41) is 20.6. The Hall–Kier alpha value is -3.26. The van der Waals surface area contributed by atoms with E-state index in [1.54, 1.807) is 0 Å². The number of benzene rings is 3. The lowest BCUT2D eigenvalue weighted by Gasteiger charge is -2.18. The molecule has 2 heteroatoms. The van der Waals surface area contributed by atoms with Crippen LogP contribution in [0.3, 0.4) is 0 Å². The second-order valence-corrected chi connectivity index (χ2v) is 7.91. The van der Waals surface area contributed by atoms with Gasteiger partial charge in [0, 0.05) is 11.1 Å². The van der Waals surface area contributed by atoms with Gasteiger partial charge in [0.15, 0.2) is 0 Å². The number of aryl methyl sites for hydroxylation is 3. The molecule has 146 valence electrons. The van der Waals surface area contributed by atoms with Gasteiger partial charge in [0.05, 0.1) is 0 Å². The first-order valence-corrected chi connectivity index (χ1v) is 10.1. The molecule has 0 radical (unpaired) electrons. The third-order valence-electron chi connectivity index (χ3n) is 5.70. The van der Waals surface area contributed by atoms with E-state index < -0.39 is 0 Å². The maximum absolute atomic E-state index is 10.7. The van der Waals surface area contributed by atoms with Crippen LogP contribution in [0.5, 0.6) is 5.75 Å². The quantitative estimate of drug-likeness (QED) is 0.487. The van der Waals surface area contributed by atoms with Gasteiger partial charge in [-0.15, -0.1) is 0 Å². The van der Waals surface area contributed by atoms with Crippen LogP contribution in [0.1, 0.15) is 51.8 Å². The van der Waals surface area contributed by atoms with Crippen molar-refractivity contribution in [2.75, 3.05) is 0 Å². The number of hydrogen-bond acceptors (Lipinski definition) is 2. The van der Waals surface area contributed by atoms with E-state index in [0.29, 0.717) is 5.75 Å². The standard InChI is InChI=1S/C27H26O2/c1-17-7-10-20(11-8-17)27-23-14-12-21(19(3)28)16-22(23)5-4-6-25(27)24-13-9-18(2)15-26(24)29/h7-16,28-29H,3-6H2,1-2H3. The molecule has 0 unspecified atom stereocenters. The average Bonchev–Trinajstić information content (AvgIpc) is 2.87. The monoisotopic (exact) mass is 382 g/mol. The summed E-state index contributed by atoms with van der Waals surface area (Å²) in [6, 6.07) is 20.5. The number of aliphatic hydroxyl groups is 1. The van der Waals surface area contributed by atoms with Gasteiger partial charge in [-0.1, -0.05) is 60.7 Å². The maximum atomic E-state index is 10.7. The molecule has 0 spiro atoms. The molecule has 29 heavy (non-hydrogen) atoms. The molecule has 0 aromatic heterocycles. The molecule has 1 aliphatic carbocycles. The van der Waals surface area contributed by atoms with Gasteiger partial charge in [-0.25, -0.2) is 0 Å². The molecular formula is C27H26O2. The van der Waals surface area contributed by atoms with E-state index in [0.717, 1.165) is 52.7 Å². The van der Waals surface area contributed by atoms with Gasteiger partial charge in [0.1, 0.15) is 11.5 Å². The molecule has 0 saturated heterocycles. The first-order chi connectivity index (χ1) is 13.9. The van der Waals surface area contributed by atoms with Crippen LogP contribution in [0, 0.1) is 13.8 Å². The Morgan fingerprint density at radius 3 is 2.21 bits per heavy atom. The van der Waals surface area contributed by atoms with Crippen molar-refractivity contribution in [2.45, 2.75) is 33.1 Å². The Kier molecular flexibility index (Phi) is 5.02. The highest BCUT2D eigenvalue weighted by Gasteiger charge is 2.22. The highest BCUT2D eigenvalue weighted by molar-refractivity contribution is 6.01. The Morgan fingerprint density at radius 2 is 1.52 bits per heavy atom. The average molecular weight is 383 g/mol. The van der Waals surface area contributed by atoms with Crippen LogP contribution >= 0.6 is 0 Å². The van der Waals surface area contributed by atoms with Gasteiger partial charge in [0.25, 0.3) is 0 Å². The Balaban J connectivity index is 2.02. The molecule has 0 amide bonds. The maximum Gasteiger partial charge on any atom is 0.123 e. The Bertz CT molecular complexity index is 1120. The van der Waals surface area contributed by atoms with Crippen molar-refractivity contribution in [2.24, 2.45) is 0 Å². The lowest BCUT2D eigenvalue weighted by molar-refractivity contribution is 0.473. The fourth-order valence-electron chi connectivity index (χ4n) is 4.18. The molecule has 3 aromatic rings. The normalized spacial score (nSPS) is 13.7. The van der Waals surface area contributed by atoms with E-state index in [2.05, 4.69) is 49.9 Å². The summed E-state index contributed by atoms with van der Waals surface area (Å²) in [5.41, 5.74) is 9.75. The fourth-order valence-corrected chi connectivity index (χ4v) is 4.18. The molecule has 1 aliphatic rings. The van der Waals surface area contributed by atoms with Crippen molar-refractivity contribution in [1.82, 2.24) is 0 Å². The number of hydrogen-bond donors (Lipinski definition) is 2. The van der Waals surface area contributed by atoms with Crippen LogP contribution in [0.15, 0.2) is 67.2 Å². The molecule has 2 N–H and O–H groups in total. The van der Waals surface area contributed by atoms with Crippen molar-refractivity contribution in [3.63, 3.8) is 0 Å². The zero-order chi connectivity index (χ0) is 20.5. The number of phenolic OH excluding ortho intramolecular Hbond substituents is 1. The molecule has 3 aromatic carbocycles. The van der Waals surface area contributed by atoms with Crippen LogP contribution in [-0.4, -0.2) is 10.2 Å². The lowest BCUT2D eigenvalue weighted by Crippen LogP contribution is -1.98. The highest BCUT2D eigenvalue weighted by atomic mass is 16.3. The number of phenols is 1. The smallest absolute Gasteiger partial charge is 0.123 e. The summed E-state index contributed by atoms with van der Waals surface area (Å²) in [6.07, 6.45) is 2.78. The van der Waals surface area contributed by atoms with Crippen molar-refractivity contribution in [1.29, 1.82) is 0 Å². The van der Waals surface area contributed by atoms with Gasteiger partial charge in [-0.3, -0.25) is 0 Å². The number of allylic oxidation sites excluding steroid dienone is 1. The summed E-state index contributed by atoms with van der Waals surface area (Å²) in [4.78, 5) is 0. The predicted octanol–water partition coefficient (Wildman–Crippen LogP) is 6.83. The molecule has 2 nitrogen and oxygen atoms in total. The van der Waals surface area contributed by atoms with E-state index in [-0.39, 0.29) is 5.76 Å². The zero-order valence-electron chi connectivity index (χ0n) is 17.0. The molecule has 0 heterocycles. The van der Waals surface area contributed by atoms with Gasteiger partial charge in [0.2, 0.25) is 0 Å². The van der Waals surface area contributed by atoms with Gasteiger partial charge >= 0.3 is 0 Å². The lowest BCUT2D eigenvalue weighted by atomic mass is 9.86. The van der Waals surface area contributed by atoms with E-state index in [1.807, 2.05) is 31.2 Å². The van der Waals surface area contributed by atoms with Crippen LogP contribution in [0.25, 0.3) is 16.9 Å².